The van der Waals surface area contributed by atoms with Crippen LogP contribution in [0.25, 0.3) is 0 Å². The highest BCUT2D eigenvalue weighted by molar-refractivity contribution is 5.19. The average molecular weight is 240 g/mol. The van der Waals surface area contributed by atoms with E-state index in [1.807, 2.05) is 13.8 Å². The molecule has 0 radical (unpaired) electrons. The van der Waals surface area contributed by atoms with E-state index in [4.69, 9.17) is 9.47 Å². The van der Waals surface area contributed by atoms with E-state index in [2.05, 4.69) is 10.3 Å². The monoisotopic (exact) mass is 240 g/mol. The topological polar surface area (TPSA) is 63.6 Å². The van der Waals surface area contributed by atoms with Crippen molar-refractivity contribution in [1.29, 1.82) is 0 Å². The van der Waals surface area contributed by atoms with Gasteiger partial charge in [-0.2, -0.15) is 4.98 Å². The van der Waals surface area contributed by atoms with E-state index in [-0.39, 0.29) is 6.61 Å². The van der Waals surface area contributed by atoms with E-state index in [1.54, 1.807) is 25.3 Å². The summed E-state index contributed by atoms with van der Waals surface area (Å²) in [6.45, 7) is 4.76. The molecule has 1 aromatic heterocycles. The fourth-order valence-electron chi connectivity index (χ4n) is 1.20. The molecule has 0 aromatic carbocycles. The van der Waals surface area contributed by atoms with Crippen molar-refractivity contribution in [2.45, 2.75) is 26.0 Å². The minimum atomic E-state index is -0.551. The van der Waals surface area contributed by atoms with Crippen LogP contribution in [0, 0.1) is 0 Å². The number of pyridine rings is 1. The SMILES string of the molecule is COc1cccc(OCC(O)CNC(C)C)n1. The van der Waals surface area contributed by atoms with E-state index in [0.717, 1.165) is 0 Å². The number of nitrogens with zero attached hydrogens (tertiary/aromatic N) is 1. The molecule has 5 nitrogen and oxygen atoms in total. The molecule has 96 valence electrons. The number of hydrogen-bond acceptors (Lipinski definition) is 5. The van der Waals surface area contributed by atoms with Gasteiger partial charge in [-0.3, -0.25) is 0 Å². The van der Waals surface area contributed by atoms with Crippen molar-refractivity contribution in [2.75, 3.05) is 20.3 Å². The van der Waals surface area contributed by atoms with Crippen LogP contribution in [0.2, 0.25) is 0 Å². The van der Waals surface area contributed by atoms with Crippen molar-refractivity contribution in [3.8, 4) is 11.8 Å². The molecule has 0 fully saturated rings. The molecule has 2 N–H and O–H groups in total. The van der Waals surface area contributed by atoms with E-state index >= 15 is 0 Å². The van der Waals surface area contributed by atoms with Crippen molar-refractivity contribution < 1.29 is 14.6 Å². The summed E-state index contributed by atoms with van der Waals surface area (Å²) in [6.07, 6.45) is -0.551. The second-order valence-corrected chi connectivity index (χ2v) is 4.05. The zero-order valence-corrected chi connectivity index (χ0v) is 10.5. The standard InChI is InChI=1S/C12H20N2O3/c1-9(2)13-7-10(15)8-17-12-6-4-5-11(14-12)16-3/h4-6,9-10,13,15H,7-8H2,1-3H3. The van der Waals surface area contributed by atoms with Gasteiger partial charge in [0, 0.05) is 24.7 Å². The van der Waals surface area contributed by atoms with Gasteiger partial charge in [-0.05, 0) is 0 Å². The molecule has 1 atom stereocenters. The van der Waals surface area contributed by atoms with Gasteiger partial charge in [-0.1, -0.05) is 19.9 Å². The Balaban J connectivity index is 2.33. The van der Waals surface area contributed by atoms with Crippen molar-refractivity contribution in [3.05, 3.63) is 18.2 Å². The molecule has 0 aliphatic carbocycles. The largest absolute Gasteiger partial charge is 0.481 e. The number of nitrogens with one attached hydrogen (secondary N) is 1. The van der Waals surface area contributed by atoms with Crippen molar-refractivity contribution in [3.63, 3.8) is 0 Å². The first-order valence-corrected chi connectivity index (χ1v) is 5.67. The maximum absolute atomic E-state index is 9.64. The normalized spacial score (nSPS) is 12.5. The Hall–Kier alpha value is -1.33. The molecule has 0 aliphatic heterocycles. The van der Waals surface area contributed by atoms with Gasteiger partial charge < -0.3 is 19.9 Å². The van der Waals surface area contributed by atoms with Crippen LogP contribution in [-0.2, 0) is 0 Å². The Labute approximate surface area is 102 Å². The third kappa shape index (κ3) is 5.51. The van der Waals surface area contributed by atoms with Crippen LogP contribution in [-0.4, -0.2) is 42.5 Å². The van der Waals surface area contributed by atoms with Crippen LogP contribution in [0.1, 0.15) is 13.8 Å². The summed E-state index contributed by atoms with van der Waals surface area (Å²) < 4.78 is 10.3. The number of methoxy groups -OCH3 is 1. The predicted octanol–water partition coefficient (Wildman–Crippen LogP) is 0.828. The highest BCUT2D eigenvalue weighted by Crippen LogP contribution is 2.12. The summed E-state index contributed by atoms with van der Waals surface area (Å²) in [5, 5.41) is 12.8. The van der Waals surface area contributed by atoms with E-state index in [9.17, 15) is 5.11 Å². The average Bonchev–Trinajstić information content (AvgIpc) is 2.34. The van der Waals surface area contributed by atoms with Crippen LogP contribution in [0.15, 0.2) is 18.2 Å². The van der Waals surface area contributed by atoms with Crippen molar-refractivity contribution in [2.24, 2.45) is 0 Å². The second-order valence-electron chi connectivity index (χ2n) is 4.05. The summed E-state index contributed by atoms with van der Waals surface area (Å²) in [6, 6.07) is 5.61. The van der Waals surface area contributed by atoms with Crippen LogP contribution < -0.4 is 14.8 Å². The Bertz CT molecular complexity index is 331. The number of aliphatic hydroxyl groups excluding tert-OH is 1. The molecule has 1 unspecified atom stereocenters. The third-order valence-corrected chi connectivity index (χ3v) is 2.09. The smallest absolute Gasteiger partial charge is 0.216 e. The Kier molecular flexibility index (Phi) is 5.72. The van der Waals surface area contributed by atoms with Crippen LogP contribution >= 0.6 is 0 Å². The highest BCUT2D eigenvalue weighted by Gasteiger charge is 2.06. The molecular formula is C12H20N2O3. The van der Waals surface area contributed by atoms with Gasteiger partial charge in [0.1, 0.15) is 12.7 Å². The molecular weight excluding hydrogens is 220 g/mol. The Morgan fingerprint density at radius 1 is 1.35 bits per heavy atom. The maximum Gasteiger partial charge on any atom is 0.216 e. The van der Waals surface area contributed by atoms with E-state index in [0.29, 0.717) is 24.3 Å². The number of ether oxygens (including phenoxy) is 2. The summed E-state index contributed by atoms with van der Waals surface area (Å²) in [7, 11) is 1.55. The number of aromatic nitrogens is 1. The molecule has 5 heteroatoms. The zero-order valence-electron chi connectivity index (χ0n) is 10.5. The number of rotatable bonds is 7. The molecule has 0 amide bonds. The minimum absolute atomic E-state index is 0.208. The van der Waals surface area contributed by atoms with Gasteiger partial charge in [0.2, 0.25) is 11.8 Å². The number of aliphatic hydroxyl groups is 1. The van der Waals surface area contributed by atoms with Gasteiger partial charge in [0.25, 0.3) is 0 Å². The van der Waals surface area contributed by atoms with E-state index < -0.39 is 6.10 Å². The van der Waals surface area contributed by atoms with Crippen molar-refractivity contribution in [1.82, 2.24) is 10.3 Å². The van der Waals surface area contributed by atoms with E-state index in [1.165, 1.54) is 0 Å². The van der Waals surface area contributed by atoms with Crippen molar-refractivity contribution >= 4 is 0 Å². The molecule has 1 rings (SSSR count). The molecule has 1 heterocycles. The summed E-state index contributed by atoms with van der Waals surface area (Å²) >= 11 is 0. The maximum atomic E-state index is 9.64. The Morgan fingerprint density at radius 2 is 2.06 bits per heavy atom. The molecule has 17 heavy (non-hydrogen) atoms. The fraction of sp³-hybridized carbons (Fsp3) is 0.583. The highest BCUT2D eigenvalue weighted by atomic mass is 16.5. The lowest BCUT2D eigenvalue weighted by atomic mass is 10.3. The minimum Gasteiger partial charge on any atom is -0.481 e. The van der Waals surface area contributed by atoms with Gasteiger partial charge in [-0.15, -0.1) is 0 Å². The Morgan fingerprint density at radius 3 is 2.71 bits per heavy atom. The molecule has 0 aliphatic rings. The second kappa shape index (κ2) is 7.09. The molecule has 0 saturated heterocycles. The lowest BCUT2D eigenvalue weighted by molar-refractivity contribution is 0.102. The molecule has 0 bridgehead atoms. The fourth-order valence-corrected chi connectivity index (χ4v) is 1.20. The third-order valence-electron chi connectivity index (χ3n) is 2.09. The van der Waals surface area contributed by atoms with Gasteiger partial charge in [0.15, 0.2) is 0 Å². The molecule has 0 spiro atoms. The predicted molar refractivity (Wildman–Crippen MR) is 65.4 cm³/mol. The van der Waals surface area contributed by atoms with Gasteiger partial charge in [-0.25, -0.2) is 0 Å². The number of hydrogen-bond donors (Lipinski definition) is 2. The van der Waals surface area contributed by atoms with Gasteiger partial charge >= 0.3 is 0 Å². The van der Waals surface area contributed by atoms with Crippen LogP contribution in [0.5, 0.6) is 11.8 Å². The lowest BCUT2D eigenvalue weighted by Crippen LogP contribution is -2.35. The summed E-state index contributed by atoms with van der Waals surface area (Å²) in [5.74, 6) is 0.949. The summed E-state index contributed by atoms with van der Waals surface area (Å²) in [4.78, 5) is 4.08. The zero-order chi connectivity index (χ0) is 12.7. The van der Waals surface area contributed by atoms with Gasteiger partial charge in [0.05, 0.1) is 7.11 Å². The quantitative estimate of drug-likeness (QED) is 0.739. The summed E-state index contributed by atoms with van der Waals surface area (Å²) in [5.41, 5.74) is 0. The van der Waals surface area contributed by atoms with Crippen LogP contribution in [0.4, 0.5) is 0 Å². The lowest BCUT2D eigenvalue weighted by Gasteiger charge is -2.14. The first-order valence-electron chi connectivity index (χ1n) is 5.67. The first kappa shape index (κ1) is 13.7. The first-order chi connectivity index (χ1) is 8.11. The molecule has 1 aromatic rings. The van der Waals surface area contributed by atoms with Crippen LogP contribution in [0.3, 0.4) is 0 Å². The molecule has 0 saturated carbocycles.